The van der Waals surface area contributed by atoms with E-state index in [1.54, 1.807) is 26.2 Å². The molecular formula is C11H14Cl2O2. The van der Waals surface area contributed by atoms with Crippen LogP contribution in [0.2, 0.25) is 10.0 Å². The molecule has 0 fully saturated rings. The quantitative estimate of drug-likeness (QED) is 0.888. The van der Waals surface area contributed by atoms with Gasteiger partial charge in [-0.15, -0.1) is 0 Å². The number of hydrogen-bond acceptors (Lipinski definition) is 2. The highest BCUT2D eigenvalue weighted by molar-refractivity contribution is 6.42. The standard InChI is InChI=1S/C11H14Cl2O2/c1-11(14,7-15-2)6-8-3-4-9(12)10(13)5-8/h3-5,14H,6-7H2,1-2H3. The number of hydrogen-bond donors (Lipinski definition) is 1. The second-order valence-corrected chi connectivity index (χ2v) is 4.67. The lowest BCUT2D eigenvalue weighted by Crippen LogP contribution is -2.32. The van der Waals surface area contributed by atoms with Crippen LogP contribution in [0.3, 0.4) is 0 Å². The predicted octanol–water partition coefficient (Wildman–Crippen LogP) is 2.93. The molecule has 84 valence electrons. The second kappa shape index (κ2) is 5.17. The van der Waals surface area contributed by atoms with Gasteiger partial charge in [-0.05, 0) is 24.6 Å². The molecule has 0 aliphatic rings. The van der Waals surface area contributed by atoms with E-state index >= 15 is 0 Å². The first kappa shape index (κ1) is 12.8. The van der Waals surface area contributed by atoms with E-state index in [2.05, 4.69) is 0 Å². The van der Waals surface area contributed by atoms with Crippen molar-refractivity contribution in [2.45, 2.75) is 18.9 Å². The summed E-state index contributed by atoms with van der Waals surface area (Å²) in [7, 11) is 1.56. The molecule has 1 unspecified atom stereocenters. The SMILES string of the molecule is COCC(C)(O)Cc1ccc(Cl)c(Cl)c1. The second-order valence-electron chi connectivity index (χ2n) is 3.86. The Morgan fingerprint density at radius 1 is 1.33 bits per heavy atom. The first-order chi connectivity index (χ1) is 6.94. The molecule has 1 aromatic rings. The summed E-state index contributed by atoms with van der Waals surface area (Å²) in [5.74, 6) is 0. The fourth-order valence-electron chi connectivity index (χ4n) is 1.45. The monoisotopic (exact) mass is 248 g/mol. The molecule has 0 amide bonds. The molecule has 0 saturated heterocycles. The Hall–Kier alpha value is -0.280. The lowest BCUT2D eigenvalue weighted by molar-refractivity contribution is -0.0161. The van der Waals surface area contributed by atoms with Crippen LogP contribution in [0.15, 0.2) is 18.2 Å². The van der Waals surface area contributed by atoms with Crippen LogP contribution in [0.1, 0.15) is 12.5 Å². The summed E-state index contributed by atoms with van der Waals surface area (Å²) in [6.07, 6.45) is 0.484. The highest BCUT2D eigenvalue weighted by Crippen LogP contribution is 2.24. The molecular weight excluding hydrogens is 235 g/mol. The largest absolute Gasteiger partial charge is 0.387 e. The van der Waals surface area contributed by atoms with Crippen LogP contribution >= 0.6 is 23.2 Å². The van der Waals surface area contributed by atoms with Crippen molar-refractivity contribution in [1.29, 1.82) is 0 Å². The maximum absolute atomic E-state index is 9.93. The number of ether oxygens (including phenoxy) is 1. The van der Waals surface area contributed by atoms with E-state index in [1.807, 2.05) is 6.07 Å². The Labute approximate surface area is 99.8 Å². The van der Waals surface area contributed by atoms with Gasteiger partial charge < -0.3 is 9.84 Å². The van der Waals surface area contributed by atoms with Crippen LogP contribution in [0.25, 0.3) is 0 Å². The van der Waals surface area contributed by atoms with Gasteiger partial charge in [0.25, 0.3) is 0 Å². The Balaban J connectivity index is 2.76. The zero-order valence-corrected chi connectivity index (χ0v) is 10.3. The number of aliphatic hydroxyl groups is 1. The number of methoxy groups -OCH3 is 1. The molecule has 1 aromatic carbocycles. The third-order valence-electron chi connectivity index (χ3n) is 2.02. The molecule has 0 bridgehead atoms. The molecule has 0 spiro atoms. The zero-order valence-electron chi connectivity index (χ0n) is 8.76. The van der Waals surface area contributed by atoms with Gasteiger partial charge >= 0.3 is 0 Å². The van der Waals surface area contributed by atoms with Crippen molar-refractivity contribution in [3.05, 3.63) is 33.8 Å². The topological polar surface area (TPSA) is 29.5 Å². The van der Waals surface area contributed by atoms with E-state index in [0.29, 0.717) is 16.5 Å². The van der Waals surface area contributed by atoms with Crippen LogP contribution < -0.4 is 0 Å². The predicted molar refractivity (Wildman–Crippen MR) is 62.7 cm³/mol. The van der Waals surface area contributed by atoms with Crippen molar-refractivity contribution in [2.75, 3.05) is 13.7 Å². The average molecular weight is 249 g/mol. The Bertz CT molecular complexity index is 337. The molecule has 0 aromatic heterocycles. The van der Waals surface area contributed by atoms with E-state index in [4.69, 9.17) is 27.9 Å². The van der Waals surface area contributed by atoms with Crippen LogP contribution in [0.4, 0.5) is 0 Å². The highest BCUT2D eigenvalue weighted by atomic mass is 35.5. The van der Waals surface area contributed by atoms with Crippen molar-refractivity contribution in [2.24, 2.45) is 0 Å². The minimum absolute atomic E-state index is 0.285. The van der Waals surface area contributed by atoms with Crippen LogP contribution in [0, 0.1) is 0 Å². The molecule has 1 N–H and O–H groups in total. The summed E-state index contributed by atoms with van der Waals surface area (Å²) in [5.41, 5.74) is 0.0535. The molecule has 0 aliphatic carbocycles. The van der Waals surface area contributed by atoms with Gasteiger partial charge in [0, 0.05) is 13.5 Å². The first-order valence-electron chi connectivity index (χ1n) is 4.60. The van der Waals surface area contributed by atoms with Crippen molar-refractivity contribution in [3.8, 4) is 0 Å². The van der Waals surface area contributed by atoms with E-state index in [1.165, 1.54) is 0 Å². The smallest absolute Gasteiger partial charge is 0.0892 e. The summed E-state index contributed by atoms with van der Waals surface area (Å²) in [6, 6.07) is 5.33. The fourth-order valence-corrected chi connectivity index (χ4v) is 1.77. The van der Waals surface area contributed by atoms with Crippen LogP contribution in [-0.4, -0.2) is 24.4 Å². The van der Waals surface area contributed by atoms with Crippen molar-refractivity contribution in [3.63, 3.8) is 0 Å². The maximum Gasteiger partial charge on any atom is 0.0892 e. The average Bonchev–Trinajstić information content (AvgIpc) is 2.10. The van der Waals surface area contributed by atoms with E-state index < -0.39 is 5.60 Å². The first-order valence-corrected chi connectivity index (χ1v) is 5.35. The maximum atomic E-state index is 9.93. The number of rotatable bonds is 4. The Kier molecular flexibility index (Phi) is 4.41. The minimum atomic E-state index is -0.883. The Morgan fingerprint density at radius 3 is 2.53 bits per heavy atom. The van der Waals surface area contributed by atoms with Gasteiger partial charge in [-0.2, -0.15) is 0 Å². The Morgan fingerprint density at radius 2 is 2.00 bits per heavy atom. The summed E-state index contributed by atoms with van der Waals surface area (Å²) < 4.78 is 4.92. The summed E-state index contributed by atoms with van der Waals surface area (Å²) in [6.45, 7) is 2.01. The third-order valence-corrected chi connectivity index (χ3v) is 2.76. The van der Waals surface area contributed by atoms with Crippen molar-refractivity contribution < 1.29 is 9.84 Å². The normalized spacial score (nSPS) is 15.0. The molecule has 0 radical (unpaired) electrons. The minimum Gasteiger partial charge on any atom is -0.387 e. The van der Waals surface area contributed by atoms with Gasteiger partial charge in [0.1, 0.15) is 0 Å². The lowest BCUT2D eigenvalue weighted by Gasteiger charge is -2.22. The molecule has 0 saturated carbocycles. The summed E-state index contributed by atoms with van der Waals surface area (Å²) >= 11 is 11.7. The van der Waals surface area contributed by atoms with Gasteiger partial charge in [-0.3, -0.25) is 0 Å². The number of halogens is 2. The van der Waals surface area contributed by atoms with E-state index in [0.717, 1.165) is 5.56 Å². The molecule has 1 atom stereocenters. The van der Waals surface area contributed by atoms with Crippen LogP contribution in [-0.2, 0) is 11.2 Å². The van der Waals surface area contributed by atoms with Crippen LogP contribution in [0.5, 0.6) is 0 Å². The van der Waals surface area contributed by atoms with Gasteiger partial charge in [-0.1, -0.05) is 29.3 Å². The fraction of sp³-hybridized carbons (Fsp3) is 0.455. The molecule has 0 heterocycles. The van der Waals surface area contributed by atoms with E-state index in [-0.39, 0.29) is 6.61 Å². The van der Waals surface area contributed by atoms with Crippen molar-refractivity contribution >= 4 is 23.2 Å². The summed E-state index contributed by atoms with van der Waals surface area (Å²) in [4.78, 5) is 0. The molecule has 15 heavy (non-hydrogen) atoms. The zero-order chi connectivity index (χ0) is 11.5. The van der Waals surface area contributed by atoms with E-state index in [9.17, 15) is 5.11 Å². The molecule has 0 aliphatic heterocycles. The molecule has 1 rings (SSSR count). The lowest BCUT2D eigenvalue weighted by atomic mass is 9.97. The highest BCUT2D eigenvalue weighted by Gasteiger charge is 2.20. The number of benzene rings is 1. The van der Waals surface area contributed by atoms with Gasteiger partial charge in [0.15, 0.2) is 0 Å². The van der Waals surface area contributed by atoms with Gasteiger partial charge in [0.2, 0.25) is 0 Å². The van der Waals surface area contributed by atoms with Crippen molar-refractivity contribution in [1.82, 2.24) is 0 Å². The molecule has 2 nitrogen and oxygen atoms in total. The van der Waals surface area contributed by atoms with Gasteiger partial charge in [0.05, 0.1) is 22.3 Å². The molecule has 4 heteroatoms. The summed E-state index contributed by atoms with van der Waals surface area (Å²) in [5, 5.41) is 10.9. The van der Waals surface area contributed by atoms with Gasteiger partial charge in [-0.25, -0.2) is 0 Å². The third kappa shape index (κ3) is 3.99.